The van der Waals surface area contributed by atoms with E-state index in [9.17, 15) is 4.79 Å². The smallest absolute Gasteiger partial charge is 0.317 e. The first-order valence-electron chi connectivity index (χ1n) is 8.36. The number of nitrogens with one attached hydrogen (secondary N) is 1. The molecule has 0 spiro atoms. The van der Waals surface area contributed by atoms with E-state index in [4.69, 9.17) is 5.26 Å². The minimum absolute atomic E-state index is 0.118. The van der Waals surface area contributed by atoms with E-state index in [0.717, 1.165) is 26.2 Å². The maximum atomic E-state index is 12.3. The van der Waals surface area contributed by atoms with E-state index in [0.29, 0.717) is 13.1 Å². The van der Waals surface area contributed by atoms with Gasteiger partial charge in [0.15, 0.2) is 0 Å². The predicted molar refractivity (Wildman–Crippen MR) is 96.9 cm³/mol. The minimum atomic E-state index is -0.161. The Labute approximate surface area is 148 Å². The first-order valence-corrected chi connectivity index (χ1v) is 9.23. The van der Waals surface area contributed by atoms with E-state index in [-0.39, 0.29) is 18.0 Å². The van der Waals surface area contributed by atoms with Crippen LogP contribution in [0, 0.1) is 17.2 Å². The zero-order valence-electron chi connectivity index (χ0n) is 14.7. The van der Waals surface area contributed by atoms with Gasteiger partial charge in [0.1, 0.15) is 0 Å². The highest BCUT2D eigenvalue weighted by Gasteiger charge is 2.25. The molecule has 0 radical (unpaired) electrons. The van der Waals surface area contributed by atoms with Gasteiger partial charge in [0.05, 0.1) is 18.0 Å². The average molecular weight is 350 g/mol. The molecule has 0 aromatic carbocycles. The first kappa shape index (κ1) is 18.7. The fourth-order valence-corrected chi connectivity index (χ4v) is 3.74. The summed E-state index contributed by atoms with van der Waals surface area (Å²) >= 11 is 1.74. The number of amides is 2. The lowest BCUT2D eigenvalue weighted by molar-refractivity contribution is 0.111. The molecule has 24 heavy (non-hydrogen) atoms. The third-order valence-corrected chi connectivity index (χ3v) is 5.39. The average Bonchev–Trinajstić information content (AvgIpc) is 3.10. The third-order valence-electron chi connectivity index (χ3n) is 4.41. The fraction of sp³-hybridized carbons (Fsp3) is 0.647. The Kier molecular flexibility index (Phi) is 7.03. The molecule has 2 heterocycles. The summed E-state index contributed by atoms with van der Waals surface area (Å²) in [5, 5.41) is 14.0. The monoisotopic (exact) mass is 349 g/mol. The highest BCUT2D eigenvalue weighted by molar-refractivity contribution is 7.10. The van der Waals surface area contributed by atoms with Crippen molar-refractivity contribution in [3.05, 3.63) is 22.4 Å². The number of carbonyl (C=O) groups is 1. The number of rotatable bonds is 6. The minimum Gasteiger partial charge on any atom is -0.336 e. The Hall–Kier alpha value is -1.62. The van der Waals surface area contributed by atoms with Gasteiger partial charge in [-0.15, -0.1) is 11.3 Å². The summed E-state index contributed by atoms with van der Waals surface area (Å²) in [5.74, 6) is -0.161. The van der Waals surface area contributed by atoms with Crippen molar-refractivity contribution in [2.24, 2.45) is 5.92 Å². The molecule has 0 unspecified atom stereocenters. The van der Waals surface area contributed by atoms with Gasteiger partial charge in [-0.25, -0.2) is 4.79 Å². The van der Waals surface area contributed by atoms with Gasteiger partial charge >= 0.3 is 6.03 Å². The summed E-state index contributed by atoms with van der Waals surface area (Å²) in [4.78, 5) is 19.9. The topological polar surface area (TPSA) is 62.6 Å². The Balaban J connectivity index is 1.94. The van der Waals surface area contributed by atoms with Gasteiger partial charge in [-0.2, -0.15) is 5.26 Å². The number of likely N-dealkylation sites (N-methyl/N-ethyl adjacent to an activating group) is 1. The Bertz CT molecular complexity index is 548. The number of thiophene rings is 1. The Morgan fingerprint density at radius 1 is 1.46 bits per heavy atom. The molecule has 0 bridgehead atoms. The largest absolute Gasteiger partial charge is 0.336 e. The number of hydrogen-bond acceptors (Lipinski definition) is 5. The van der Waals surface area contributed by atoms with Gasteiger partial charge in [0, 0.05) is 51.2 Å². The molecule has 6 nitrogen and oxygen atoms in total. The van der Waals surface area contributed by atoms with Crippen molar-refractivity contribution in [2.75, 3.05) is 53.4 Å². The quantitative estimate of drug-likeness (QED) is 0.851. The molecular weight excluding hydrogens is 322 g/mol. The summed E-state index contributed by atoms with van der Waals surface area (Å²) in [6.07, 6.45) is 0. The molecule has 1 N–H and O–H groups in total. The van der Waals surface area contributed by atoms with Gasteiger partial charge in [0.25, 0.3) is 0 Å². The van der Waals surface area contributed by atoms with Crippen LogP contribution in [0.15, 0.2) is 17.5 Å². The lowest BCUT2D eigenvalue weighted by Crippen LogP contribution is -2.49. The standard InChI is InChI=1S/C17H27N5OS/c1-14(11-18)13-21(3)17(23)19-12-15(16-5-4-10-24-16)22-8-6-20(2)7-9-22/h4-5,10,14-15H,6-9,12-13H2,1-3H3,(H,19,23)/t14-,15-/m0/s1. The predicted octanol–water partition coefficient (Wildman–Crippen LogP) is 1.84. The number of nitrogens with zero attached hydrogens (tertiary/aromatic N) is 4. The molecule has 1 aliphatic heterocycles. The van der Waals surface area contributed by atoms with E-state index in [2.05, 4.69) is 45.7 Å². The van der Waals surface area contributed by atoms with Crippen molar-refractivity contribution in [3.8, 4) is 6.07 Å². The van der Waals surface area contributed by atoms with E-state index < -0.39 is 0 Å². The molecule has 2 rings (SSSR count). The van der Waals surface area contributed by atoms with Gasteiger partial charge < -0.3 is 15.1 Å². The van der Waals surface area contributed by atoms with E-state index in [1.54, 1.807) is 23.3 Å². The number of hydrogen-bond donors (Lipinski definition) is 1. The van der Waals surface area contributed by atoms with Crippen molar-refractivity contribution in [1.82, 2.24) is 20.0 Å². The highest BCUT2D eigenvalue weighted by atomic mass is 32.1. The molecule has 1 aliphatic rings. The first-order chi connectivity index (χ1) is 11.5. The number of carbonyl (C=O) groups excluding carboxylic acids is 1. The molecule has 2 atom stereocenters. The van der Waals surface area contributed by atoms with Gasteiger partial charge in [0.2, 0.25) is 0 Å². The van der Waals surface area contributed by atoms with E-state index in [1.165, 1.54) is 4.88 Å². The molecule has 1 fully saturated rings. The summed E-state index contributed by atoms with van der Waals surface area (Å²) in [6.45, 7) is 6.98. The van der Waals surface area contributed by atoms with Crippen LogP contribution in [0.25, 0.3) is 0 Å². The Morgan fingerprint density at radius 2 is 2.17 bits per heavy atom. The maximum Gasteiger partial charge on any atom is 0.317 e. The van der Waals surface area contributed by atoms with Crippen molar-refractivity contribution in [1.29, 1.82) is 5.26 Å². The van der Waals surface area contributed by atoms with E-state index in [1.807, 2.05) is 6.92 Å². The van der Waals surface area contributed by atoms with E-state index >= 15 is 0 Å². The van der Waals surface area contributed by atoms with Crippen molar-refractivity contribution < 1.29 is 4.79 Å². The van der Waals surface area contributed by atoms with Crippen molar-refractivity contribution >= 4 is 17.4 Å². The molecule has 7 heteroatoms. The van der Waals surface area contributed by atoms with Crippen molar-refractivity contribution in [3.63, 3.8) is 0 Å². The van der Waals surface area contributed by atoms with Crippen LogP contribution in [0.2, 0.25) is 0 Å². The lowest BCUT2D eigenvalue weighted by Gasteiger charge is -2.37. The normalized spacial score (nSPS) is 18.6. The molecule has 132 valence electrons. The summed E-state index contributed by atoms with van der Waals surface area (Å²) in [5.41, 5.74) is 0. The molecule has 0 aliphatic carbocycles. The number of piperazine rings is 1. The summed E-state index contributed by atoms with van der Waals surface area (Å²) < 4.78 is 0. The maximum absolute atomic E-state index is 12.3. The van der Waals surface area contributed by atoms with Crippen LogP contribution in [0.4, 0.5) is 4.79 Å². The van der Waals surface area contributed by atoms with Gasteiger partial charge in [-0.3, -0.25) is 4.90 Å². The zero-order valence-corrected chi connectivity index (χ0v) is 15.6. The summed E-state index contributed by atoms with van der Waals surface area (Å²) in [7, 11) is 3.88. The zero-order chi connectivity index (χ0) is 17.5. The molecular formula is C17H27N5OS. The molecule has 1 saturated heterocycles. The summed E-state index contributed by atoms with van der Waals surface area (Å²) in [6, 6.07) is 6.46. The van der Waals surface area contributed by atoms with Crippen molar-refractivity contribution in [2.45, 2.75) is 13.0 Å². The molecule has 1 aromatic rings. The van der Waals surface area contributed by atoms with Crippen LogP contribution >= 0.6 is 11.3 Å². The second-order valence-corrected chi connectivity index (χ2v) is 7.45. The lowest BCUT2D eigenvalue weighted by atomic mass is 10.1. The molecule has 0 saturated carbocycles. The number of urea groups is 1. The highest BCUT2D eigenvalue weighted by Crippen LogP contribution is 2.25. The van der Waals surface area contributed by atoms with Crippen LogP contribution < -0.4 is 5.32 Å². The van der Waals surface area contributed by atoms with Crippen LogP contribution in [0.3, 0.4) is 0 Å². The van der Waals surface area contributed by atoms with Crippen LogP contribution in [-0.4, -0.2) is 74.1 Å². The fourth-order valence-electron chi connectivity index (χ4n) is 2.88. The van der Waals surface area contributed by atoms with Crippen LogP contribution in [0.1, 0.15) is 17.8 Å². The second kappa shape index (κ2) is 9.02. The van der Waals surface area contributed by atoms with Gasteiger partial charge in [-0.05, 0) is 25.4 Å². The van der Waals surface area contributed by atoms with Crippen LogP contribution in [-0.2, 0) is 0 Å². The van der Waals surface area contributed by atoms with Gasteiger partial charge in [-0.1, -0.05) is 6.07 Å². The Morgan fingerprint density at radius 3 is 2.75 bits per heavy atom. The molecule has 2 amide bonds. The second-order valence-electron chi connectivity index (χ2n) is 6.47. The SMILES string of the molecule is C[C@@H](C#N)CN(C)C(=O)NC[C@@H](c1cccs1)N1CCN(C)CC1. The third kappa shape index (κ3) is 5.20. The van der Waals surface area contributed by atoms with Crippen LogP contribution in [0.5, 0.6) is 0 Å². The molecule has 1 aromatic heterocycles. The number of nitriles is 1.